The van der Waals surface area contributed by atoms with Crippen molar-refractivity contribution in [3.05, 3.63) is 17.3 Å². The van der Waals surface area contributed by atoms with Crippen molar-refractivity contribution < 1.29 is 17.3 Å². The number of hydrogen-bond donors (Lipinski definition) is 1. The molecule has 6 nitrogen and oxygen atoms in total. The fourth-order valence-corrected chi connectivity index (χ4v) is 1.46. The lowest BCUT2D eigenvalue weighted by Crippen LogP contribution is -2.19. The maximum absolute atomic E-state index is 10.6. The third-order valence-corrected chi connectivity index (χ3v) is 2.04. The van der Waals surface area contributed by atoms with Gasteiger partial charge in [0, 0.05) is 6.07 Å². The van der Waals surface area contributed by atoms with Gasteiger partial charge in [0.05, 0.1) is 12.3 Å². The fourth-order valence-electron chi connectivity index (χ4n) is 0.897. The van der Waals surface area contributed by atoms with Gasteiger partial charge in [-0.25, -0.2) is 4.98 Å². The Kier molecular flexibility index (Phi) is 3.95. The zero-order valence-corrected chi connectivity index (χ0v) is 10.2. The second-order valence-corrected chi connectivity index (χ2v) is 4.76. The van der Waals surface area contributed by atoms with Crippen molar-refractivity contribution >= 4 is 21.9 Å². The van der Waals surface area contributed by atoms with Gasteiger partial charge in [-0.15, -0.1) is 0 Å². The number of nitrogens with zero attached hydrogens (tertiary/aromatic N) is 1. The van der Waals surface area contributed by atoms with Gasteiger partial charge >= 0.3 is 10.3 Å². The smallest absolute Gasteiger partial charge is 0.380 e. The number of pyridine rings is 1. The van der Waals surface area contributed by atoms with Gasteiger partial charge in [-0.1, -0.05) is 11.6 Å². The van der Waals surface area contributed by atoms with Crippen LogP contribution < -0.4 is 14.1 Å². The summed E-state index contributed by atoms with van der Waals surface area (Å²) in [7, 11) is -4.07. The van der Waals surface area contributed by atoms with E-state index in [1.807, 2.05) is 13.8 Å². The third-order valence-electron chi connectivity index (χ3n) is 1.34. The molecule has 0 aromatic carbocycles. The number of halogens is 1. The Morgan fingerprint density at radius 3 is 2.56 bits per heavy atom. The first-order valence-electron chi connectivity index (χ1n) is 4.32. The van der Waals surface area contributed by atoms with Gasteiger partial charge in [0.1, 0.15) is 5.02 Å². The second-order valence-electron chi connectivity index (χ2n) is 3.20. The molecule has 8 heteroatoms. The Morgan fingerprint density at radius 2 is 2.12 bits per heavy atom. The van der Waals surface area contributed by atoms with E-state index in [0.717, 1.165) is 6.20 Å². The predicted molar refractivity (Wildman–Crippen MR) is 58.7 cm³/mol. The summed E-state index contributed by atoms with van der Waals surface area (Å²) in [5.41, 5.74) is 0. The zero-order chi connectivity index (χ0) is 12.3. The zero-order valence-electron chi connectivity index (χ0n) is 8.68. The van der Waals surface area contributed by atoms with Crippen molar-refractivity contribution in [1.29, 1.82) is 0 Å². The minimum atomic E-state index is -4.07. The first-order valence-corrected chi connectivity index (χ1v) is 6.17. The molecule has 1 aromatic heterocycles. The van der Waals surface area contributed by atoms with Gasteiger partial charge in [0.25, 0.3) is 0 Å². The standard InChI is InChI=1S/C8H11ClN2O4S/c1-5(2)14-8-7(9)3-6(4-11-8)15-16(10,12)13/h3-5H,1-2H3,(H2,10,12,13). The molecule has 0 aliphatic carbocycles. The largest absolute Gasteiger partial charge is 0.474 e. The molecule has 0 atom stereocenters. The molecule has 0 aliphatic heterocycles. The van der Waals surface area contributed by atoms with Gasteiger partial charge < -0.3 is 8.92 Å². The van der Waals surface area contributed by atoms with Gasteiger partial charge in [0.2, 0.25) is 5.88 Å². The highest BCUT2D eigenvalue weighted by Gasteiger charge is 2.10. The Morgan fingerprint density at radius 1 is 1.50 bits per heavy atom. The molecular weight excluding hydrogens is 256 g/mol. The SMILES string of the molecule is CC(C)Oc1ncc(OS(N)(=O)=O)cc1Cl. The molecule has 1 heterocycles. The van der Waals surface area contributed by atoms with Gasteiger partial charge in [0.15, 0.2) is 5.75 Å². The summed E-state index contributed by atoms with van der Waals surface area (Å²) >= 11 is 5.80. The lowest BCUT2D eigenvalue weighted by molar-refractivity contribution is 0.232. The summed E-state index contributed by atoms with van der Waals surface area (Å²) in [6.07, 6.45) is 1.07. The van der Waals surface area contributed by atoms with Crippen LogP contribution in [0.25, 0.3) is 0 Å². The summed E-state index contributed by atoms with van der Waals surface area (Å²) in [6, 6.07) is 1.26. The molecule has 2 N–H and O–H groups in total. The fraction of sp³-hybridized carbons (Fsp3) is 0.375. The molecule has 0 aliphatic rings. The summed E-state index contributed by atoms with van der Waals surface area (Å²) in [4.78, 5) is 3.80. The van der Waals surface area contributed by atoms with Crippen molar-refractivity contribution in [1.82, 2.24) is 4.98 Å². The number of rotatable bonds is 4. The van der Waals surface area contributed by atoms with E-state index in [1.54, 1.807) is 0 Å². The van der Waals surface area contributed by atoms with E-state index < -0.39 is 10.3 Å². The molecule has 0 amide bonds. The highest BCUT2D eigenvalue weighted by molar-refractivity contribution is 7.84. The molecule has 0 fully saturated rings. The maximum atomic E-state index is 10.6. The van der Waals surface area contributed by atoms with Crippen LogP contribution in [0.2, 0.25) is 5.02 Å². The first-order chi connectivity index (χ1) is 7.28. The highest BCUT2D eigenvalue weighted by atomic mass is 35.5. The van der Waals surface area contributed by atoms with E-state index in [-0.39, 0.29) is 22.8 Å². The lowest BCUT2D eigenvalue weighted by Gasteiger charge is -2.10. The van der Waals surface area contributed by atoms with Gasteiger partial charge in [-0.2, -0.15) is 13.6 Å². The lowest BCUT2D eigenvalue weighted by atomic mass is 10.4. The molecule has 0 saturated heterocycles. The van der Waals surface area contributed by atoms with Crippen LogP contribution in [0.4, 0.5) is 0 Å². The quantitative estimate of drug-likeness (QED) is 0.881. The van der Waals surface area contributed by atoms with Crippen molar-refractivity contribution in [2.24, 2.45) is 5.14 Å². The molecule has 0 spiro atoms. The third kappa shape index (κ3) is 4.21. The summed E-state index contributed by atoms with van der Waals surface area (Å²) in [5, 5.41) is 4.83. The highest BCUT2D eigenvalue weighted by Crippen LogP contribution is 2.26. The average Bonchev–Trinajstić information content (AvgIpc) is 2.06. The summed E-state index contributed by atoms with van der Waals surface area (Å²) in [5.74, 6) is 0.141. The minimum absolute atomic E-state index is 0.0661. The van der Waals surface area contributed by atoms with Crippen LogP contribution in [-0.2, 0) is 10.3 Å². The predicted octanol–water partition coefficient (Wildman–Crippen LogP) is 1.10. The second kappa shape index (κ2) is 4.86. The van der Waals surface area contributed by atoms with Crippen LogP contribution in [0, 0.1) is 0 Å². The van der Waals surface area contributed by atoms with E-state index in [2.05, 4.69) is 14.3 Å². The molecule has 0 saturated carbocycles. The van der Waals surface area contributed by atoms with Crippen LogP contribution >= 0.6 is 11.6 Å². The molecule has 16 heavy (non-hydrogen) atoms. The van der Waals surface area contributed by atoms with Crippen LogP contribution in [0.5, 0.6) is 11.6 Å². The molecule has 0 radical (unpaired) electrons. The van der Waals surface area contributed by atoms with Crippen LogP contribution in [0.1, 0.15) is 13.8 Å². The Bertz CT molecular complexity index is 475. The molecule has 0 bridgehead atoms. The van der Waals surface area contributed by atoms with Crippen LogP contribution in [0.15, 0.2) is 12.3 Å². The average molecular weight is 267 g/mol. The Balaban J connectivity index is 2.91. The van der Waals surface area contributed by atoms with E-state index in [4.69, 9.17) is 16.3 Å². The van der Waals surface area contributed by atoms with Crippen molar-refractivity contribution in [2.45, 2.75) is 20.0 Å². The summed E-state index contributed by atoms with van der Waals surface area (Å²) < 4.78 is 30.9. The number of aromatic nitrogens is 1. The Labute approximate surface area is 98.6 Å². The Hall–Kier alpha value is -1.05. The van der Waals surface area contributed by atoms with Crippen molar-refractivity contribution in [3.8, 4) is 11.6 Å². The van der Waals surface area contributed by atoms with Crippen molar-refractivity contribution in [2.75, 3.05) is 0 Å². The van der Waals surface area contributed by atoms with E-state index >= 15 is 0 Å². The van der Waals surface area contributed by atoms with E-state index in [0.29, 0.717) is 0 Å². The van der Waals surface area contributed by atoms with Crippen molar-refractivity contribution in [3.63, 3.8) is 0 Å². The molecular formula is C8H11ClN2O4S. The normalized spacial score (nSPS) is 11.6. The van der Waals surface area contributed by atoms with Crippen LogP contribution in [-0.4, -0.2) is 19.5 Å². The number of hydrogen-bond acceptors (Lipinski definition) is 5. The van der Waals surface area contributed by atoms with E-state index in [9.17, 15) is 8.42 Å². The molecule has 1 aromatic rings. The molecule has 0 unspecified atom stereocenters. The monoisotopic (exact) mass is 266 g/mol. The maximum Gasteiger partial charge on any atom is 0.380 e. The minimum Gasteiger partial charge on any atom is -0.474 e. The topological polar surface area (TPSA) is 91.5 Å². The van der Waals surface area contributed by atoms with Gasteiger partial charge in [-0.05, 0) is 13.8 Å². The van der Waals surface area contributed by atoms with E-state index in [1.165, 1.54) is 6.07 Å². The summed E-state index contributed by atoms with van der Waals surface area (Å²) in [6.45, 7) is 3.62. The number of nitrogens with two attached hydrogens (primary N) is 1. The van der Waals surface area contributed by atoms with Gasteiger partial charge in [-0.3, -0.25) is 0 Å². The molecule has 90 valence electrons. The first kappa shape index (κ1) is 13.0. The molecule has 1 rings (SSSR count). The number of ether oxygens (including phenoxy) is 1. The van der Waals surface area contributed by atoms with Crippen LogP contribution in [0.3, 0.4) is 0 Å².